The number of rotatable bonds is 3. The third-order valence-corrected chi connectivity index (χ3v) is 6.46. The lowest BCUT2D eigenvalue weighted by atomic mass is 9.95. The highest BCUT2D eigenvalue weighted by atomic mass is 35.5. The summed E-state index contributed by atoms with van der Waals surface area (Å²) in [6.07, 6.45) is 1.72. The molecule has 0 aromatic heterocycles. The number of carbonyl (C=O) groups excluding carboxylic acids is 2. The Morgan fingerprint density at radius 1 is 0.900 bits per heavy atom. The summed E-state index contributed by atoms with van der Waals surface area (Å²) in [7, 11) is 0. The largest absolute Gasteiger partial charge is 0.367 e. The van der Waals surface area contributed by atoms with Gasteiger partial charge < -0.3 is 14.7 Å². The van der Waals surface area contributed by atoms with Crippen molar-refractivity contribution < 1.29 is 9.59 Å². The third-order valence-electron chi connectivity index (χ3n) is 6.14. The SMILES string of the molecule is Cc1ccc(C(=O)N2CCCC(C(=O)N3CCN(c4ccccc4Cl)CC3)C2)cc1. The summed E-state index contributed by atoms with van der Waals surface area (Å²) in [6, 6.07) is 15.5. The van der Waals surface area contributed by atoms with Crippen molar-refractivity contribution >= 4 is 29.1 Å². The Bertz CT molecular complexity index is 907. The van der Waals surface area contributed by atoms with Crippen LogP contribution in [-0.2, 0) is 4.79 Å². The van der Waals surface area contributed by atoms with Gasteiger partial charge in [0, 0.05) is 44.8 Å². The van der Waals surface area contributed by atoms with Gasteiger partial charge in [-0.05, 0) is 44.0 Å². The van der Waals surface area contributed by atoms with Crippen molar-refractivity contribution in [3.05, 3.63) is 64.7 Å². The summed E-state index contributed by atoms with van der Waals surface area (Å²) in [5, 5.41) is 0.745. The predicted molar refractivity (Wildman–Crippen MR) is 120 cm³/mol. The molecule has 2 aliphatic heterocycles. The van der Waals surface area contributed by atoms with Crippen molar-refractivity contribution in [3.63, 3.8) is 0 Å². The monoisotopic (exact) mass is 425 g/mol. The van der Waals surface area contributed by atoms with E-state index >= 15 is 0 Å². The maximum Gasteiger partial charge on any atom is 0.253 e. The first-order valence-electron chi connectivity index (χ1n) is 10.7. The fourth-order valence-corrected chi connectivity index (χ4v) is 4.63. The van der Waals surface area contributed by atoms with E-state index in [0.717, 1.165) is 48.7 Å². The van der Waals surface area contributed by atoms with Crippen LogP contribution < -0.4 is 4.90 Å². The van der Waals surface area contributed by atoms with E-state index in [-0.39, 0.29) is 17.7 Å². The molecule has 0 N–H and O–H groups in total. The van der Waals surface area contributed by atoms with Gasteiger partial charge in [-0.3, -0.25) is 9.59 Å². The Balaban J connectivity index is 1.35. The molecule has 6 heteroatoms. The molecule has 2 aromatic carbocycles. The van der Waals surface area contributed by atoms with Crippen molar-refractivity contribution in [3.8, 4) is 0 Å². The summed E-state index contributed by atoms with van der Waals surface area (Å²) in [5.41, 5.74) is 2.86. The van der Waals surface area contributed by atoms with Gasteiger partial charge in [-0.15, -0.1) is 0 Å². The van der Waals surface area contributed by atoms with E-state index in [2.05, 4.69) is 4.90 Å². The zero-order valence-electron chi connectivity index (χ0n) is 17.4. The fraction of sp³-hybridized carbons (Fsp3) is 0.417. The number of piperazine rings is 1. The van der Waals surface area contributed by atoms with Gasteiger partial charge in [-0.1, -0.05) is 41.4 Å². The Kier molecular flexibility index (Phi) is 6.28. The molecule has 2 amide bonds. The number of carbonyl (C=O) groups is 2. The molecule has 0 radical (unpaired) electrons. The lowest BCUT2D eigenvalue weighted by Gasteiger charge is -2.40. The zero-order chi connectivity index (χ0) is 21.1. The van der Waals surface area contributed by atoms with Crippen LogP contribution in [0.25, 0.3) is 0 Å². The van der Waals surface area contributed by atoms with E-state index in [0.29, 0.717) is 25.2 Å². The van der Waals surface area contributed by atoms with Crippen LogP contribution in [0.2, 0.25) is 5.02 Å². The van der Waals surface area contributed by atoms with Crippen LogP contribution in [0.1, 0.15) is 28.8 Å². The average molecular weight is 426 g/mol. The van der Waals surface area contributed by atoms with E-state index in [1.165, 1.54) is 0 Å². The summed E-state index contributed by atoms with van der Waals surface area (Å²) in [5.74, 6) is 0.0891. The standard InChI is InChI=1S/C24H28ClN3O2/c1-18-8-10-19(11-9-18)23(29)28-12-4-5-20(17-28)24(30)27-15-13-26(14-16-27)22-7-3-2-6-21(22)25/h2-3,6-11,20H,4-5,12-17H2,1H3. The van der Waals surface area contributed by atoms with E-state index < -0.39 is 0 Å². The summed E-state index contributed by atoms with van der Waals surface area (Å²) in [4.78, 5) is 32.1. The molecule has 2 saturated heterocycles. The number of halogens is 1. The van der Waals surface area contributed by atoms with Crippen LogP contribution in [0.3, 0.4) is 0 Å². The van der Waals surface area contributed by atoms with E-state index in [1.807, 2.05) is 65.3 Å². The van der Waals surface area contributed by atoms with Crippen molar-refractivity contribution in [2.24, 2.45) is 5.92 Å². The first-order chi connectivity index (χ1) is 14.5. The molecule has 0 aliphatic carbocycles. The van der Waals surface area contributed by atoms with Crippen LogP contribution in [0.5, 0.6) is 0 Å². The summed E-state index contributed by atoms with van der Waals surface area (Å²) < 4.78 is 0. The smallest absolute Gasteiger partial charge is 0.253 e. The van der Waals surface area contributed by atoms with Gasteiger partial charge >= 0.3 is 0 Å². The van der Waals surface area contributed by atoms with Crippen LogP contribution >= 0.6 is 11.6 Å². The molecule has 2 aliphatic rings. The number of para-hydroxylation sites is 1. The number of piperidine rings is 1. The van der Waals surface area contributed by atoms with Gasteiger partial charge in [-0.2, -0.15) is 0 Å². The van der Waals surface area contributed by atoms with Gasteiger partial charge in [-0.25, -0.2) is 0 Å². The quantitative estimate of drug-likeness (QED) is 0.750. The zero-order valence-corrected chi connectivity index (χ0v) is 18.1. The number of hydrogen-bond acceptors (Lipinski definition) is 3. The normalized spacial score (nSPS) is 19.7. The van der Waals surface area contributed by atoms with Gasteiger partial charge in [0.05, 0.1) is 16.6 Å². The minimum Gasteiger partial charge on any atom is -0.367 e. The minimum absolute atomic E-state index is 0.0241. The molecule has 4 rings (SSSR count). The second-order valence-electron chi connectivity index (χ2n) is 8.22. The molecule has 2 fully saturated rings. The molecule has 30 heavy (non-hydrogen) atoms. The number of benzene rings is 2. The van der Waals surface area contributed by atoms with E-state index in [9.17, 15) is 9.59 Å². The Morgan fingerprint density at radius 2 is 1.60 bits per heavy atom. The molecular formula is C24H28ClN3O2. The van der Waals surface area contributed by atoms with Gasteiger partial charge in [0.1, 0.15) is 0 Å². The molecule has 0 bridgehead atoms. The van der Waals surface area contributed by atoms with Crippen LogP contribution in [-0.4, -0.2) is 60.9 Å². The number of anilines is 1. The highest BCUT2D eigenvalue weighted by molar-refractivity contribution is 6.33. The van der Waals surface area contributed by atoms with Crippen molar-refractivity contribution in [1.82, 2.24) is 9.80 Å². The summed E-state index contributed by atoms with van der Waals surface area (Å²) in [6.45, 7) is 6.16. The number of nitrogens with zero attached hydrogens (tertiary/aromatic N) is 3. The Labute approximate surface area is 183 Å². The fourth-order valence-electron chi connectivity index (χ4n) is 4.38. The maximum absolute atomic E-state index is 13.2. The van der Waals surface area contributed by atoms with Crippen molar-refractivity contribution in [2.75, 3.05) is 44.2 Å². The highest BCUT2D eigenvalue weighted by Gasteiger charge is 2.33. The number of amides is 2. The van der Waals surface area contributed by atoms with Gasteiger partial charge in [0.25, 0.3) is 5.91 Å². The van der Waals surface area contributed by atoms with Gasteiger partial charge in [0.2, 0.25) is 5.91 Å². The average Bonchev–Trinajstić information content (AvgIpc) is 2.79. The topological polar surface area (TPSA) is 43.9 Å². The Morgan fingerprint density at radius 3 is 2.30 bits per heavy atom. The van der Waals surface area contributed by atoms with Crippen LogP contribution in [0.15, 0.2) is 48.5 Å². The van der Waals surface area contributed by atoms with E-state index in [4.69, 9.17) is 11.6 Å². The molecule has 1 atom stereocenters. The number of hydrogen-bond donors (Lipinski definition) is 0. The third kappa shape index (κ3) is 4.46. The minimum atomic E-state index is -0.111. The lowest BCUT2D eigenvalue weighted by molar-refractivity contribution is -0.137. The number of likely N-dealkylation sites (tertiary alicyclic amines) is 1. The molecule has 2 heterocycles. The predicted octanol–water partition coefficient (Wildman–Crippen LogP) is 3.85. The first-order valence-corrected chi connectivity index (χ1v) is 11.0. The first kappa shape index (κ1) is 20.7. The molecule has 2 aromatic rings. The molecule has 1 unspecified atom stereocenters. The number of aryl methyl sites for hydroxylation is 1. The maximum atomic E-state index is 13.2. The van der Waals surface area contributed by atoms with Crippen molar-refractivity contribution in [1.29, 1.82) is 0 Å². The van der Waals surface area contributed by atoms with Gasteiger partial charge in [0.15, 0.2) is 0 Å². The Hall–Kier alpha value is -2.53. The molecule has 0 spiro atoms. The van der Waals surface area contributed by atoms with Crippen molar-refractivity contribution in [2.45, 2.75) is 19.8 Å². The molecule has 0 saturated carbocycles. The molecular weight excluding hydrogens is 398 g/mol. The molecule has 158 valence electrons. The van der Waals surface area contributed by atoms with Crippen LogP contribution in [0, 0.1) is 12.8 Å². The van der Waals surface area contributed by atoms with E-state index in [1.54, 1.807) is 0 Å². The second kappa shape index (κ2) is 9.09. The second-order valence-corrected chi connectivity index (χ2v) is 8.63. The lowest BCUT2D eigenvalue weighted by Crippen LogP contribution is -2.53. The van der Waals surface area contributed by atoms with Crippen LogP contribution in [0.4, 0.5) is 5.69 Å². The molecule has 5 nitrogen and oxygen atoms in total. The summed E-state index contributed by atoms with van der Waals surface area (Å²) >= 11 is 6.32. The highest BCUT2D eigenvalue weighted by Crippen LogP contribution is 2.27.